The van der Waals surface area contributed by atoms with Crippen molar-refractivity contribution in [1.82, 2.24) is 38.7 Å². The third-order valence-corrected chi connectivity index (χ3v) is 17.0. The van der Waals surface area contributed by atoms with Crippen molar-refractivity contribution >= 4 is 35.3 Å². The molecule has 0 saturated heterocycles. The lowest BCUT2D eigenvalue weighted by atomic mass is 9.98. The first-order valence-corrected chi connectivity index (χ1v) is 31.2. The minimum atomic E-state index is -5.17. The number of benzene rings is 6. The molecule has 0 saturated carbocycles. The third-order valence-electron chi connectivity index (χ3n) is 15.0. The van der Waals surface area contributed by atoms with Gasteiger partial charge in [0.15, 0.2) is 10.3 Å². The van der Waals surface area contributed by atoms with E-state index in [-0.39, 0.29) is 48.4 Å². The minimum absolute atomic E-state index is 0.0176. The van der Waals surface area contributed by atoms with Crippen LogP contribution in [0, 0.1) is 18.6 Å². The highest BCUT2D eigenvalue weighted by Crippen LogP contribution is 2.36. The maximum Gasteiger partial charge on any atom is 0.416 e. The van der Waals surface area contributed by atoms with E-state index in [1.807, 2.05) is 0 Å². The normalized spacial score (nSPS) is 18.8. The summed E-state index contributed by atoms with van der Waals surface area (Å²) in [7, 11) is 0. The Morgan fingerprint density at radius 3 is 1.59 bits per heavy atom. The second-order valence-corrected chi connectivity index (χ2v) is 23.0. The topological polar surface area (TPSA) is 117 Å². The van der Waals surface area contributed by atoms with E-state index in [2.05, 4.69) is 9.97 Å². The highest BCUT2D eigenvalue weighted by atomic mass is 32.2. The summed E-state index contributed by atoms with van der Waals surface area (Å²) >= 11 is 1.61. The van der Waals surface area contributed by atoms with Crippen molar-refractivity contribution in [2.45, 2.75) is 133 Å². The minimum Gasteiger partial charge on any atom is -0.336 e. The molecule has 22 heteroatoms. The SMILES string of the molecule is [2H]c1c([2H])c(-c2c([2H])c([2H])c(C(F)(F)F)c(C)c2[2H])c([2H])c([2H])c1CN(CCN(C([2H])([2H])C)C([2H])([2H])C)C(=O)Cn1c(SCc2ccc(F)cc2)nc(=O)c2c1C([2H])([2H])C([2H])([2H])C2([2H])[2H].[2H]c1c([2H])c(CSc2nc(=O)c3c(n2CC(=O)N(CCN(C([2H])([2H])C)C([2H])([2H])C)Cc2ccc(-c4ccc(C(F)(F)F)cc4)cc2)CCC3)c([2H])c([2H])c1F. The number of thioether (sulfide) groups is 2. The van der Waals surface area contributed by atoms with Crippen LogP contribution in [0.15, 0.2) is 159 Å². The quantitative estimate of drug-likeness (QED) is 0.0295. The smallest absolute Gasteiger partial charge is 0.336 e. The lowest BCUT2D eigenvalue weighted by Crippen LogP contribution is -2.40. The first-order chi connectivity index (χ1) is 55.1. The number of halogens is 8. The average molecular weight is 1370 g/mol. The van der Waals surface area contributed by atoms with Crippen molar-refractivity contribution in [3.05, 3.63) is 233 Å². The molecule has 0 atom stereocenters. The molecule has 0 spiro atoms. The molecule has 2 amide bonds. The number of carbonyl (C=O) groups excluding carboxylic acids is 2. The number of carbonyl (C=O) groups is 2. The van der Waals surface area contributed by atoms with Gasteiger partial charge in [-0.1, -0.05) is 148 Å². The Labute approximate surface area is 592 Å². The first kappa shape index (κ1) is 44.7. The number of nitrogens with zero attached hydrogens (tertiary/aromatic N) is 8. The van der Waals surface area contributed by atoms with Gasteiger partial charge in [-0.15, -0.1) is 0 Å². The van der Waals surface area contributed by atoms with Crippen LogP contribution in [0.5, 0.6) is 0 Å². The van der Waals surface area contributed by atoms with Crippen LogP contribution >= 0.6 is 23.5 Å². The molecule has 0 unspecified atom stereocenters. The number of fused-ring (bicyclic) bond motifs is 2. The second kappa shape index (κ2) is 32.7. The fourth-order valence-electron chi connectivity index (χ4n) is 9.99. The van der Waals surface area contributed by atoms with Crippen LogP contribution in [0.2, 0.25) is 0 Å². The molecule has 0 aliphatic heterocycles. The number of rotatable bonds is 26. The van der Waals surface area contributed by atoms with Crippen molar-refractivity contribution in [2.75, 3.05) is 52.2 Å². The van der Waals surface area contributed by atoms with Gasteiger partial charge in [-0.25, -0.2) is 8.78 Å². The molecule has 2 aliphatic rings. The van der Waals surface area contributed by atoms with E-state index < -0.39 is 234 Å². The van der Waals surface area contributed by atoms with Crippen LogP contribution in [0.4, 0.5) is 35.1 Å². The molecular weight excluding hydrogens is 1270 g/mol. The molecule has 0 radical (unpaired) electrons. The standard InChI is InChI=1S/C37H40F4N4O2S.C36H38F4N4O2S/c1-4-43(5-2)19-20-44(22-26-9-13-28(14-10-26)29-15-18-32(25(3)21-29)37(39,40)41)34(46)23-45-33-8-6-7-31(33)35(47)42-36(45)48-24-27-11-16-30(38)17-12-27;1-3-42(4-2)20-21-43(22-25-8-12-27(13-9-25)28-14-16-29(17-15-28)36(38,39)40)33(45)23-44-32-7-5-6-31(32)34(46)41-35(44)47-24-26-10-18-30(37)19-11-26/h9-18,21H,4-8,19-20,22-24H2,1-3H3;8-19H,3-7,20-24H2,1-2H3/i4D2,5D2,6D2,7D2,8D2,9D,10D,13D,14D,15D,18D,21D;3D2,4D2,10D,11D,18D,19D. The molecule has 0 bridgehead atoms. The second-order valence-electron chi connectivity index (χ2n) is 21.1. The van der Waals surface area contributed by atoms with Gasteiger partial charge in [0, 0.05) is 92.5 Å². The zero-order valence-corrected chi connectivity index (χ0v) is 53.3. The lowest BCUT2D eigenvalue weighted by Gasteiger charge is -2.28. The molecular formula is C73H78F8N8O4S2. The van der Waals surface area contributed by atoms with E-state index in [1.165, 1.54) is 43.0 Å². The summed E-state index contributed by atoms with van der Waals surface area (Å²) in [6.07, 6.45) is -18.3. The Morgan fingerprint density at radius 2 is 1.04 bits per heavy atom. The summed E-state index contributed by atoms with van der Waals surface area (Å²) in [5.74, 6) is -3.85. The predicted molar refractivity (Wildman–Crippen MR) is 358 cm³/mol. The highest BCUT2D eigenvalue weighted by molar-refractivity contribution is 7.98. The van der Waals surface area contributed by atoms with Gasteiger partial charge in [0.2, 0.25) is 11.8 Å². The summed E-state index contributed by atoms with van der Waals surface area (Å²) < 4.78 is 321. The van der Waals surface area contributed by atoms with Gasteiger partial charge in [-0.05, 0) is 164 Å². The summed E-state index contributed by atoms with van der Waals surface area (Å²) in [6.45, 7) is -7.80. The molecule has 2 aliphatic carbocycles. The van der Waals surface area contributed by atoms with E-state index in [1.54, 1.807) is 28.8 Å². The maximum atomic E-state index is 14.7. The molecule has 8 aromatic rings. The van der Waals surface area contributed by atoms with Crippen molar-refractivity contribution in [1.29, 1.82) is 0 Å². The molecule has 95 heavy (non-hydrogen) atoms. The molecule has 12 nitrogen and oxygen atoms in total. The molecule has 2 heterocycles. The van der Waals surface area contributed by atoms with E-state index in [0.717, 1.165) is 71.2 Å². The van der Waals surface area contributed by atoms with Gasteiger partial charge < -0.3 is 28.7 Å². The van der Waals surface area contributed by atoms with Crippen molar-refractivity contribution in [3.63, 3.8) is 0 Å². The van der Waals surface area contributed by atoms with Gasteiger partial charge in [-0.3, -0.25) is 19.2 Å². The Hall–Kier alpha value is -7.92. The van der Waals surface area contributed by atoms with Crippen LogP contribution in [0.1, 0.15) is 136 Å². The summed E-state index contributed by atoms with van der Waals surface area (Å²) in [6, 6.07) is 6.14. The zero-order valence-electron chi connectivity index (χ0n) is 76.7. The van der Waals surface area contributed by atoms with Crippen molar-refractivity contribution in [3.8, 4) is 22.3 Å². The zero-order chi connectivity index (χ0) is 90.1. The lowest BCUT2D eigenvalue weighted by molar-refractivity contribution is -0.138. The van der Waals surface area contributed by atoms with Gasteiger partial charge in [0.05, 0.1) is 26.2 Å². The Balaban J connectivity index is 0.000000277. The molecule has 10 rings (SSSR count). The molecule has 0 fully saturated rings. The average Bonchev–Trinajstić information content (AvgIpc) is 1.52. The van der Waals surface area contributed by atoms with E-state index in [0.29, 0.717) is 69.4 Å². The summed E-state index contributed by atoms with van der Waals surface area (Å²) in [4.78, 5) is 67.6. The maximum absolute atomic E-state index is 14.7. The largest absolute Gasteiger partial charge is 0.416 e. The summed E-state index contributed by atoms with van der Waals surface area (Å²) in [5.41, 5.74) is -6.17. The monoisotopic (exact) mass is 1370 g/mol. The van der Waals surface area contributed by atoms with Crippen LogP contribution in [-0.2, 0) is 85.2 Å². The van der Waals surface area contributed by atoms with Gasteiger partial charge in [-0.2, -0.15) is 36.3 Å². The molecule has 2 aromatic heterocycles. The number of aromatic nitrogens is 4. The number of hydrogen-bond acceptors (Lipinski definition) is 10. The Bertz CT molecular complexity index is 5280. The fourth-order valence-corrected chi connectivity index (χ4v) is 11.8. The Kier molecular flexibility index (Phi) is 15.4. The Morgan fingerprint density at radius 1 is 0.547 bits per heavy atom. The number of amides is 2. The predicted octanol–water partition coefficient (Wildman–Crippen LogP) is 14.7. The van der Waals surface area contributed by atoms with Crippen LogP contribution in [0.3, 0.4) is 0 Å². The molecule has 6 aromatic carbocycles. The van der Waals surface area contributed by atoms with E-state index in [4.69, 9.17) is 34.3 Å². The van der Waals surface area contributed by atoms with Gasteiger partial charge in [0.1, 0.15) is 24.7 Å². The highest BCUT2D eigenvalue weighted by Gasteiger charge is 2.33. The molecule has 0 N–H and O–H groups in total. The van der Waals surface area contributed by atoms with Crippen LogP contribution in [-0.4, -0.2) is 103 Å². The van der Waals surface area contributed by atoms with Gasteiger partial charge >= 0.3 is 12.4 Å². The number of alkyl halides is 6. The van der Waals surface area contributed by atoms with E-state index >= 15 is 0 Å². The number of likely N-dealkylation sites (N-methyl/N-ethyl adjacent to an activating group) is 2. The molecule has 502 valence electrons. The first-order valence-electron chi connectivity index (χ1n) is 41.8. The summed E-state index contributed by atoms with van der Waals surface area (Å²) in [5, 5.41) is -0.371. The number of hydrogen-bond donors (Lipinski definition) is 0. The fraction of sp³-hybridized carbons (Fsp3) is 0.370. The van der Waals surface area contributed by atoms with Crippen LogP contribution < -0.4 is 11.1 Å². The van der Waals surface area contributed by atoms with E-state index in [9.17, 15) is 54.3 Å². The van der Waals surface area contributed by atoms with Gasteiger partial charge in [0.25, 0.3) is 11.1 Å². The third kappa shape index (κ3) is 19.0. The van der Waals surface area contributed by atoms with Crippen molar-refractivity contribution in [2.24, 2.45) is 0 Å². The van der Waals surface area contributed by atoms with Crippen LogP contribution in [0.25, 0.3) is 22.3 Å². The van der Waals surface area contributed by atoms with Crippen molar-refractivity contribution < 1.29 is 79.0 Å².